The molecule has 2 N–H and O–H groups in total. The first kappa shape index (κ1) is 22.1. The standard InChI is InChI=1S/C26H30N2O4/c1-2-22(25(30)27-19-10-4-5-11-19)28(15-16-29)26(31)21-17-18-9-3-7-13-23(18)32-24-14-8-6-12-20(21)24/h3,6-9,12-14,17,19,22,29H,2,4-5,10-11,15-16H2,1H3,(H,27,30)/t22-/m1/s1. The van der Waals surface area contributed by atoms with Gasteiger partial charge in [0.2, 0.25) is 5.91 Å². The average Bonchev–Trinajstić information content (AvgIpc) is 3.25. The second kappa shape index (κ2) is 10.0. The number of fused-ring (bicyclic) bond motifs is 2. The third kappa shape index (κ3) is 4.55. The summed E-state index contributed by atoms with van der Waals surface area (Å²) in [5.41, 5.74) is 1.91. The molecule has 1 heterocycles. The van der Waals surface area contributed by atoms with Gasteiger partial charge in [-0.25, -0.2) is 0 Å². The number of carbonyl (C=O) groups is 2. The summed E-state index contributed by atoms with van der Waals surface area (Å²) in [4.78, 5) is 28.5. The number of para-hydroxylation sites is 2. The average molecular weight is 435 g/mol. The van der Waals surface area contributed by atoms with Crippen LogP contribution in [0.1, 0.15) is 50.2 Å². The Kier molecular flexibility index (Phi) is 6.90. The van der Waals surface area contributed by atoms with Gasteiger partial charge in [-0.15, -0.1) is 0 Å². The van der Waals surface area contributed by atoms with Crippen molar-refractivity contribution in [3.05, 3.63) is 59.7 Å². The van der Waals surface area contributed by atoms with Crippen molar-refractivity contribution in [1.29, 1.82) is 0 Å². The highest BCUT2D eigenvalue weighted by Gasteiger charge is 2.33. The first-order chi connectivity index (χ1) is 15.6. The van der Waals surface area contributed by atoms with Crippen molar-refractivity contribution in [2.45, 2.75) is 51.1 Å². The van der Waals surface area contributed by atoms with Crippen molar-refractivity contribution < 1.29 is 19.4 Å². The predicted molar refractivity (Wildman–Crippen MR) is 124 cm³/mol. The molecule has 0 spiro atoms. The van der Waals surface area contributed by atoms with Crippen LogP contribution in [0.15, 0.2) is 48.5 Å². The molecule has 1 saturated carbocycles. The molecule has 168 valence electrons. The first-order valence-corrected chi connectivity index (χ1v) is 11.4. The molecule has 1 aliphatic heterocycles. The van der Waals surface area contributed by atoms with Crippen LogP contribution in [0, 0.1) is 0 Å². The van der Waals surface area contributed by atoms with Gasteiger partial charge in [-0.05, 0) is 37.5 Å². The highest BCUT2D eigenvalue weighted by Crippen LogP contribution is 2.38. The van der Waals surface area contributed by atoms with Crippen molar-refractivity contribution >= 4 is 23.5 Å². The molecule has 0 radical (unpaired) electrons. The number of hydrogen-bond acceptors (Lipinski definition) is 4. The summed E-state index contributed by atoms with van der Waals surface area (Å²) in [7, 11) is 0. The Hall–Kier alpha value is -3.12. The van der Waals surface area contributed by atoms with Gasteiger partial charge in [0.25, 0.3) is 5.91 Å². The summed E-state index contributed by atoms with van der Waals surface area (Å²) in [6.45, 7) is 1.75. The predicted octanol–water partition coefficient (Wildman–Crippen LogP) is 3.99. The lowest BCUT2D eigenvalue weighted by Crippen LogP contribution is -2.52. The number of benzene rings is 2. The second-order valence-corrected chi connectivity index (χ2v) is 8.33. The Bertz CT molecular complexity index is 1010. The smallest absolute Gasteiger partial charge is 0.255 e. The Morgan fingerprint density at radius 3 is 2.50 bits per heavy atom. The molecule has 0 aromatic heterocycles. The lowest BCUT2D eigenvalue weighted by atomic mass is 9.99. The number of rotatable bonds is 7. The summed E-state index contributed by atoms with van der Waals surface area (Å²) >= 11 is 0. The number of nitrogens with zero attached hydrogens (tertiary/aromatic N) is 1. The maximum Gasteiger partial charge on any atom is 0.255 e. The zero-order chi connectivity index (χ0) is 22.5. The third-order valence-corrected chi connectivity index (χ3v) is 6.22. The van der Waals surface area contributed by atoms with Gasteiger partial charge in [0.1, 0.15) is 17.5 Å². The molecular weight excluding hydrogens is 404 g/mol. The number of nitrogens with one attached hydrogen (secondary N) is 1. The molecule has 2 aromatic carbocycles. The number of amides is 2. The lowest BCUT2D eigenvalue weighted by molar-refractivity contribution is -0.137. The van der Waals surface area contributed by atoms with E-state index >= 15 is 0 Å². The summed E-state index contributed by atoms with van der Waals surface area (Å²) in [5.74, 6) is 0.813. The number of aliphatic hydroxyl groups is 1. The first-order valence-electron chi connectivity index (χ1n) is 11.4. The fourth-order valence-electron chi connectivity index (χ4n) is 4.58. The Labute approximate surface area is 188 Å². The van der Waals surface area contributed by atoms with Gasteiger partial charge in [0.05, 0.1) is 12.2 Å². The van der Waals surface area contributed by atoms with Crippen LogP contribution in [0.2, 0.25) is 0 Å². The van der Waals surface area contributed by atoms with E-state index in [0.29, 0.717) is 29.1 Å². The largest absolute Gasteiger partial charge is 0.456 e. The molecule has 32 heavy (non-hydrogen) atoms. The van der Waals surface area contributed by atoms with Gasteiger partial charge < -0.3 is 20.1 Å². The van der Waals surface area contributed by atoms with Crippen molar-refractivity contribution in [2.75, 3.05) is 13.2 Å². The van der Waals surface area contributed by atoms with Crippen LogP contribution in [0.25, 0.3) is 11.6 Å². The number of aliphatic hydroxyl groups excluding tert-OH is 1. The molecule has 2 aromatic rings. The maximum atomic E-state index is 13.9. The van der Waals surface area contributed by atoms with Gasteiger partial charge in [0.15, 0.2) is 0 Å². The van der Waals surface area contributed by atoms with E-state index in [9.17, 15) is 14.7 Å². The maximum absolute atomic E-state index is 13.9. The zero-order valence-corrected chi connectivity index (χ0v) is 18.4. The van der Waals surface area contributed by atoms with Crippen molar-refractivity contribution in [2.24, 2.45) is 0 Å². The number of hydrogen-bond donors (Lipinski definition) is 2. The quantitative estimate of drug-likeness (QED) is 0.691. The van der Waals surface area contributed by atoms with Crippen LogP contribution < -0.4 is 10.1 Å². The summed E-state index contributed by atoms with van der Waals surface area (Å²) in [5, 5.41) is 12.8. The fourth-order valence-corrected chi connectivity index (χ4v) is 4.58. The fraction of sp³-hybridized carbons (Fsp3) is 0.385. The van der Waals surface area contributed by atoms with E-state index in [1.165, 1.54) is 4.90 Å². The summed E-state index contributed by atoms with van der Waals surface area (Å²) in [6, 6.07) is 14.5. The van der Waals surface area contributed by atoms with E-state index in [1.807, 2.05) is 61.5 Å². The minimum Gasteiger partial charge on any atom is -0.456 e. The molecule has 6 nitrogen and oxygen atoms in total. The molecule has 0 unspecified atom stereocenters. The monoisotopic (exact) mass is 434 g/mol. The van der Waals surface area contributed by atoms with Crippen molar-refractivity contribution in [3.8, 4) is 11.5 Å². The normalized spacial score (nSPS) is 16.1. The van der Waals surface area contributed by atoms with Crippen LogP contribution in [0.5, 0.6) is 11.5 Å². The summed E-state index contributed by atoms with van der Waals surface area (Å²) < 4.78 is 6.09. The lowest BCUT2D eigenvalue weighted by Gasteiger charge is -2.31. The molecule has 1 atom stereocenters. The molecule has 1 fully saturated rings. The van der Waals surface area contributed by atoms with E-state index in [1.54, 1.807) is 0 Å². The third-order valence-electron chi connectivity index (χ3n) is 6.22. The Balaban J connectivity index is 1.70. The molecular formula is C26H30N2O4. The van der Waals surface area contributed by atoms with E-state index in [-0.39, 0.29) is 31.0 Å². The van der Waals surface area contributed by atoms with Crippen LogP contribution in [-0.2, 0) is 9.59 Å². The molecule has 1 aliphatic carbocycles. The Morgan fingerprint density at radius 1 is 1.09 bits per heavy atom. The molecule has 4 rings (SSSR count). The topological polar surface area (TPSA) is 78.9 Å². The highest BCUT2D eigenvalue weighted by molar-refractivity contribution is 6.25. The van der Waals surface area contributed by atoms with E-state index in [0.717, 1.165) is 31.2 Å². The molecule has 6 heteroatoms. The van der Waals surface area contributed by atoms with Crippen LogP contribution >= 0.6 is 0 Å². The minimum absolute atomic E-state index is 0.0808. The minimum atomic E-state index is -0.650. The van der Waals surface area contributed by atoms with Crippen LogP contribution in [-0.4, -0.2) is 47.1 Å². The van der Waals surface area contributed by atoms with Gasteiger partial charge in [0, 0.05) is 23.7 Å². The van der Waals surface area contributed by atoms with Gasteiger partial charge in [-0.2, -0.15) is 0 Å². The summed E-state index contributed by atoms with van der Waals surface area (Å²) in [6.07, 6.45) is 6.46. The molecule has 2 aliphatic rings. The number of carbonyl (C=O) groups excluding carboxylic acids is 2. The Morgan fingerprint density at radius 2 is 1.78 bits per heavy atom. The van der Waals surface area contributed by atoms with E-state index in [4.69, 9.17) is 4.74 Å². The molecule has 0 saturated heterocycles. The van der Waals surface area contributed by atoms with Gasteiger partial charge in [-0.1, -0.05) is 56.2 Å². The van der Waals surface area contributed by atoms with Crippen molar-refractivity contribution in [1.82, 2.24) is 10.2 Å². The molecule has 0 bridgehead atoms. The van der Waals surface area contributed by atoms with Gasteiger partial charge in [-0.3, -0.25) is 9.59 Å². The highest BCUT2D eigenvalue weighted by atomic mass is 16.5. The van der Waals surface area contributed by atoms with Crippen molar-refractivity contribution in [3.63, 3.8) is 0 Å². The van der Waals surface area contributed by atoms with Crippen LogP contribution in [0.4, 0.5) is 0 Å². The number of ether oxygens (including phenoxy) is 1. The van der Waals surface area contributed by atoms with Gasteiger partial charge >= 0.3 is 0 Å². The zero-order valence-electron chi connectivity index (χ0n) is 18.4. The van der Waals surface area contributed by atoms with E-state index in [2.05, 4.69) is 5.32 Å². The van der Waals surface area contributed by atoms with E-state index < -0.39 is 6.04 Å². The van der Waals surface area contributed by atoms with Crippen LogP contribution in [0.3, 0.4) is 0 Å². The second-order valence-electron chi connectivity index (χ2n) is 8.33. The molecule has 2 amide bonds. The SMILES string of the molecule is CC[C@H](C(=O)NC1CCCC1)N(CCO)C(=O)C1=Cc2ccccc2Oc2ccccc21.